The number of piperidine rings is 1. The standard InChI is InChI=1S/C13H19NO/c1-13(2)9-11(6-7-14-13)10-4-3-5-12(15)8-10/h3-5,8,11,14-15H,6-7,9H2,1-2H3. The van der Waals surface area contributed by atoms with Crippen molar-refractivity contribution < 1.29 is 5.11 Å². The summed E-state index contributed by atoms with van der Waals surface area (Å²) in [5.41, 5.74) is 1.48. The number of phenols is 1. The predicted octanol–water partition coefficient (Wildman–Crippen LogP) is 2.64. The zero-order valence-corrected chi connectivity index (χ0v) is 9.46. The molecular weight excluding hydrogens is 186 g/mol. The second-order valence-electron chi connectivity index (χ2n) is 5.10. The predicted molar refractivity (Wildman–Crippen MR) is 62.2 cm³/mol. The second-order valence-corrected chi connectivity index (χ2v) is 5.10. The van der Waals surface area contributed by atoms with Crippen molar-refractivity contribution in [3.63, 3.8) is 0 Å². The van der Waals surface area contributed by atoms with E-state index >= 15 is 0 Å². The van der Waals surface area contributed by atoms with Crippen molar-refractivity contribution in [3.05, 3.63) is 29.8 Å². The molecule has 0 aromatic heterocycles. The molecule has 15 heavy (non-hydrogen) atoms. The molecule has 1 aliphatic heterocycles. The summed E-state index contributed by atoms with van der Waals surface area (Å²) in [4.78, 5) is 0. The van der Waals surface area contributed by atoms with Crippen LogP contribution in [0.15, 0.2) is 24.3 Å². The Labute approximate surface area is 91.3 Å². The molecule has 1 fully saturated rings. The van der Waals surface area contributed by atoms with E-state index in [1.54, 1.807) is 6.07 Å². The average molecular weight is 205 g/mol. The molecule has 2 N–H and O–H groups in total. The Hall–Kier alpha value is -1.02. The average Bonchev–Trinajstić information content (AvgIpc) is 2.16. The van der Waals surface area contributed by atoms with Crippen LogP contribution in [0.5, 0.6) is 5.75 Å². The van der Waals surface area contributed by atoms with E-state index in [0.29, 0.717) is 11.7 Å². The largest absolute Gasteiger partial charge is 0.508 e. The Morgan fingerprint density at radius 1 is 1.40 bits per heavy atom. The van der Waals surface area contributed by atoms with Gasteiger partial charge in [-0.15, -0.1) is 0 Å². The van der Waals surface area contributed by atoms with Gasteiger partial charge in [-0.1, -0.05) is 12.1 Å². The maximum Gasteiger partial charge on any atom is 0.115 e. The van der Waals surface area contributed by atoms with Gasteiger partial charge in [-0.05, 0) is 56.8 Å². The minimum atomic E-state index is 0.217. The van der Waals surface area contributed by atoms with Crippen LogP contribution in [0, 0.1) is 0 Å². The highest BCUT2D eigenvalue weighted by atomic mass is 16.3. The van der Waals surface area contributed by atoms with Gasteiger partial charge >= 0.3 is 0 Å². The smallest absolute Gasteiger partial charge is 0.115 e. The molecule has 1 aromatic carbocycles. The number of benzene rings is 1. The molecule has 2 rings (SSSR count). The molecule has 0 bridgehead atoms. The molecule has 2 nitrogen and oxygen atoms in total. The van der Waals surface area contributed by atoms with Crippen LogP contribution in [-0.4, -0.2) is 17.2 Å². The Kier molecular flexibility index (Phi) is 2.70. The number of nitrogens with one attached hydrogen (secondary N) is 1. The summed E-state index contributed by atoms with van der Waals surface area (Å²) < 4.78 is 0. The van der Waals surface area contributed by atoms with Crippen LogP contribution in [-0.2, 0) is 0 Å². The fourth-order valence-corrected chi connectivity index (χ4v) is 2.44. The van der Waals surface area contributed by atoms with E-state index in [1.807, 2.05) is 12.1 Å². The van der Waals surface area contributed by atoms with Gasteiger partial charge in [-0.25, -0.2) is 0 Å². The third kappa shape index (κ3) is 2.51. The Bertz CT molecular complexity index is 346. The van der Waals surface area contributed by atoms with Gasteiger partial charge in [-0.2, -0.15) is 0 Å². The first kappa shape index (κ1) is 10.5. The summed E-state index contributed by atoms with van der Waals surface area (Å²) in [6.07, 6.45) is 2.29. The van der Waals surface area contributed by atoms with Gasteiger partial charge in [0.2, 0.25) is 0 Å². The van der Waals surface area contributed by atoms with Crippen LogP contribution in [0.4, 0.5) is 0 Å². The topological polar surface area (TPSA) is 32.3 Å². The third-order valence-corrected chi connectivity index (χ3v) is 3.19. The molecular formula is C13H19NO. The van der Waals surface area contributed by atoms with E-state index in [-0.39, 0.29) is 5.54 Å². The summed E-state index contributed by atoms with van der Waals surface area (Å²) in [6, 6.07) is 7.67. The van der Waals surface area contributed by atoms with Crippen molar-refractivity contribution in [2.24, 2.45) is 0 Å². The molecule has 82 valence electrons. The van der Waals surface area contributed by atoms with Gasteiger partial charge in [0.05, 0.1) is 0 Å². The van der Waals surface area contributed by atoms with Gasteiger partial charge < -0.3 is 10.4 Å². The normalized spacial score (nSPS) is 25.1. The van der Waals surface area contributed by atoms with Gasteiger partial charge in [0.1, 0.15) is 5.75 Å². The van der Waals surface area contributed by atoms with Crippen molar-refractivity contribution in [2.75, 3.05) is 6.54 Å². The Balaban J connectivity index is 2.17. The minimum Gasteiger partial charge on any atom is -0.508 e. The first-order valence-corrected chi connectivity index (χ1v) is 5.61. The van der Waals surface area contributed by atoms with Gasteiger partial charge in [0.25, 0.3) is 0 Å². The molecule has 2 heteroatoms. The summed E-state index contributed by atoms with van der Waals surface area (Å²) in [7, 11) is 0. The Morgan fingerprint density at radius 3 is 2.87 bits per heavy atom. The van der Waals surface area contributed by atoms with Crippen LogP contribution >= 0.6 is 0 Å². The van der Waals surface area contributed by atoms with Crippen molar-refractivity contribution in [3.8, 4) is 5.75 Å². The molecule has 1 unspecified atom stereocenters. The number of rotatable bonds is 1. The lowest BCUT2D eigenvalue weighted by molar-refractivity contribution is 0.275. The Morgan fingerprint density at radius 2 is 2.20 bits per heavy atom. The SMILES string of the molecule is CC1(C)CC(c2cccc(O)c2)CCN1. The van der Waals surface area contributed by atoms with E-state index in [4.69, 9.17) is 0 Å². The fourth-order valence-electron chi connectivity index (χ4n) is 2.44. The maximum atomic E-state index is 9.46. The van der Waals surface area contributed by atoms with Crippen LogP contribution in [0.1, 0.15) is 38.2 Å². The molecule has 0 amide bonds. The molecule has 1 aliphatic rings. The first-order valence-electron chi connectivity index (χ1n) is 5.61. The van der Waals surface area contributed by atoms with Crippen molar-refractivity contribution in [2.45, 2.75) is 38.1 Å². The van der Waals surface area contributed by atoms with Gasteiger partial charge in [-0.3, -0.25) is 0 Å². The van der Waals surface area contributed by atoms with Gasteiger partial charge in [0.15, 0.2) is 0 Å². The van der Waals surface area contributed by atoms with Crippen molar-refractivity contribution >= 4 is 0 Å². The van der Waals surface area contributed by atoms with Crippen molar-refractivity contribution in [1.82, 2.24) is 5.32 Å². The van der Waals surface area contributed by atoms with Crippen LogP contribution in [0.3, 0.4) is 0 Å². The van der Waals surface area contributed by atoms with Crippen LogP contribution in [0.2, 0.25) is 0 Å². The molecule has 1 saturated heterocycles. The molecule has 1 aromatic rings. The first-order chi connectivity index (χ1) is 7.07. The highest BCUT2D eigenvalue weighted by molar-refractivity contribution is 5.30. The fraction of sp³-hybridized carbons (Fsp3) is 0.538. The van der Waals surface area contributed by atoms with Crippen molar-refractivity contribution in [1.29, 1.82) is 0 Å². The lowest BCUT2D eigenvalue weighted by atomic mass is 9.80. The highest BCUT2D eigenvalue weighted by Crippen LogP contribution is 2.33. The van der Waals surface area contributed by atoms with E-state index in [2.05, 4.69) is 25.2 Å². The molecule has 0 radical (unpaired) electrons. The van der Waals surface area contributed by atoms with E-state index in [1.165, 1.54) is 5.56 Å². The molecule has 0 spiro atoms. The summed E-state index contributed by atoms with van der Waals surface area (Å²) in [5.74, 6) is 0.956. The number of hydrogen-bond acceptors (Lipinski definition) is 2. The second kappa shape index (κ2) is 3.86. The summed E-state index contributed by atoms with van der Waals surface area (Å²) >= 11 is 0. The summed E-state index contributed by atoms with van der Waals surface area (Å²) in [6.45, 7) is 5.54. The molecule has 0 saturated carbocycles. The number of hydrogen-bond donors (Lipinski definition) is 2. The van der Waals surface area contributed by atoms with Crippen LogP contribution in [0.25, 0.3) is 0 Å². The minimum absolute atomic E-state index is 0.217. The molecule has 0 aliphatic carbocycles. The van der Waals surface area contributed by atoms with E-state index in [9.17, 15) is 5.11 Å². The highest BCUT2D eigenvalue weighted by Gasteiger charge is 2.28. The van der Waals surface area contributed by atoms with E-state index in [0.717, 1.165) is 19.4 Å². The summed E-state index contributed by atoms with van der Waals surface area (Å²) in [5, 5.41) is 13.0. The molecule has 1 atom stereocenters. The third-order valence-electron chi connectivity index (χ3n) is 3.19. The quantitative estimate of drug-likeness (QED) is 0.738. The van der Waals surface area contributed by atoms with E-state index < -0.39 is 0 Å². The zero-order chi connectivity index (χ0) is 10.9. The lowest BCUT2D eigenvalue weighted by Crippen LogP contribution is -2.45. The lowest BCUT2D eigenvalue weighted by Gasteiger charge is -2.36. The zero-order valence-electron chi connectivity index (χ0n) is 9.46. The van der Waals surface area contributed by atoms with Crippen LogP contribution < -0.4 is 5.32 Å². The number of phenolic OH excluding ortho intramolecular Hbond substituents is 1. The maximum absolute atomic E-state index is 9.46. The van der Waals surface area contributed by atoms with Gasteiger partial charge in [0, 0.05) is 5.54 Å². The molecule has 1 heterocycles. The monoisotopic (exact) mass is 205 g/mol. The number of aromatic hydroxyl groups is 1.